The predicted molar refractivity (Wildman–Crippen MR) is 105 cm³/mol. The highest BCUT2D eigenvalue weighted by Gasteiger charge is 2.30. The third-order valence-corrected chi connectivity index (χ3v) is 5.22. The Morgan fingerprint density at radius 3 is 2.72 bits per heavy atom. The molecule has 4 rings (SSSR count). The maximum absolute atomic E-state index is 13.1. The molecular formula is C22H23F3N4. The van der Waals surface area contributed by atoms with Crippen LogP contribution in [0.25, 0.3) is 5.69 Å². The van der Waals surface area contributed by atoms with Crippen molar-refractivity contribution in [2.75, 3.05) is 6.54 Å². The van der Waals surface area contributed by atoms with Crippen LogP contribution < -0.4 is 0 Å². The van der Waals surface area contributed by atoms with Crippen LogP contribution in [0, 0.1) is 0 Å². The van der Waals surface area contributed by atoms with E-state index < -0.39 is 11.7 Å². The Morgan fingerprint density at radius 1 is 1.14 bits per heavy atom. The van der Waals surface area contributed by atoms with Crippen molar-refractivity contribution in [1.82, 2.24) is 19.4 Å². The van der Waals surface area contributed by atoms with Crippen molar-refractivity contribution in [1.29, 1.82) is 0 Å². The Kier molecular flexibility index (Phi) is 5.17. The normalized spacial score (nSPS) is 15.0. The van der Waals surface area contributed by atoms with Crippen molar-refractivity contribution in [3.8, 4) is 5.69 Å². The number of hydrogen-bond donors (Lipinski definition) is 0. The smallest absolute Gasteiger partial charge is 0.320 e. The van der Waals surface area contributed by atoms with E-state index in [-0.39, 0.29) is 0 Å². The van der Waals surface area contributed by atoms with Gasteiger partial charge in [-0.15, -0.1) is 0 Å². The van der Waals surface area contributed by atoms with E-state index >= 15 is 0 Å². The second-order valence-electron chi connectivity index (χ2n) is 7.73. The summed E-state index contributed by atoms with van der Waals surface area (Å²) in [4.78, 5) is 11.4. The first-order chi connectivity index (χ1) is 13.8. The van der Waals surface area contributed by atoms with Gasteiger partial charge in [-0.25, -0.2) is 9.97 Å². The molecule has 0 aliphatic carbocycles. The van der Waals surface area contributed by atoms with Crippen molar-refractivity contribution in [2.45, 2.75) is 45.5 Å². The summed E-state index contributed by atoms with van der Waals surface area (Å²) in [6, 6.07) is 9.25. The number of hydrogen-bond acceptors (Lipinski definition) is 3. The van der Waals surface area contributed by atoms with Crippen molar-refractivity contribution in [3.63, 3.8) is 0 Å². The maximum atomic E-state index is 13.1. The van der Waals surface area contributed by atoms with Gasteiger partial charge in [-0.3, -0.25) is 4.90 Å². The molecule has 1 aliphatic rings. The van der Waals surface area contributed by atoms with Crippen molar-refractivity contribution in [2.24, 2.45) is 0 Å². The Bertz CT molecular complexity index is 1010. The quantitative estimate of drug-likeness (QED) is 0.620. The van der Waals surface area contributed by atoms with Gasteiger partial charge >= 0.3 is 6.18 Å². The molecule has 0 fully saturated rings. The molecule has 4 nitrogen and oxygen atoms in total. The summed E-state index contributed by atoms with van der Waals surface area (Å²) in [6.45, 7) is 6.41. The number of halogens is 3. The van der Waals surface area contributed by atoms with E-state index in [1.54, 1.807) is 12.3 Å². The number of fused-ring (bicyclic) bond motifs is 1. The zero-order valence-corrected chi connectivity index (χ0v) is 16.4. The fourth-order valence-corrected chi connectivity index (χ4v) is 3.66. The van der Waals surface area contributed by atoms with E-state index in [9.17, 15) is 13.2 Å². The zero-order valence-electron chi connectivity index (χ0n) is 16.4. The van der Waals surface area contributed by atoms with E-state index in [0.717, 1.165) is 48.4 Å². The molecule has 3 heterocycles. The zero-order chi connectivity index (χ0) is 20.6. The Labute approximate surface area is 168 Å². The molecule has 0 saturated carbocycles. The molecule has 0 atom stereocenters. The second-order valence-corrected chi connectivity index (χ2v) is 7.73. The van der Waals surface area contributed by atoms with Gasteiger partial charge in [-0.05, 0) is 30.3 Å². The van der Waals surface area contributed by atoms with E-state index in [0.29, 0.717) is 18.2 Å². The Hall–Kier alpha value is -2.67. The average molecular weight is 400 g/mol. The van der Waals surface area contributed by atoms with Crippen LogP contribution in [0.3, 0.4) is 0 Å². The highest BCUT2D eigenvalue weighted by Crippen LogP contribution is 2.31. The van der Waals surface area contributed by atoms with Crippen molar-refractivity contribution < 1.29 is 13.2 Å². The van der Waals surface area contributed by atoms with Gasteiger partial charge in [-0.1, -0.05) is 19.9 Å². The van der Waals surface area contributed by atoms with E-state index in [1.807, 2.05) is 22.9 Å². The van der Waals surface area contributed by atoms with Gasteiger partial charge in [0.15, 0.2) is 0 Å². The monoisotopic (exact) mass is 400 g/mol. The van der Waals surface area contributed by atoms with Gasteiger partial charge < -0.3 is 4.57 Å². The number of rotatable bonds is 4. The number of benzene rings is 1. The van der Waals surface area contributed by atoms with E-state index in [2.05, 4.69) is 23.7 Å². The lowest BCUT2D eigenvalue weighted by molar-refractivity contribution is -0.137. The topological polar surface area (TPSA) is 34.0 Å². The largest absolute Gasteiger partial charge is 0.416 e. The summed E-state index contributed by atoms with van der Waals surface area (Å²) < 4.78 is 41.0. The van der Waals surface area contributed by atoms with Gasteiger partial charge in [0, 0.05) is 67.0 Å². The third kappa shape index (κ3) is 4.19. The minimum Gasteiger partial charge on any atom is -0.320 e. The summed E-state index contributed by atoms with van der Waals surface area (Å²) in [5.41, 5.74) is 3.06. The van der Waals surface area contributed by atoms with Crippen LogP contribution in [0.1, 0.15) is 48.1 Å². The van der Waals surface area contributed by atoms with Gasteiger partial charge in [0.25, 0.3) is 0 Å². The molecule has 0 spiro atoms. The molecule has 1 aromatic carbocycles. The second kappa shape index (κ2) is 7.63. The number of alkyl halides is 3. The van der Waals surface area contributed by atoms with Crippen LogP contribution in [0.5, 0.6) is 0 Å². The molecule has 0 amide bonds. The van der Waals surface area contributed by atoms with Gasteiger partial charge in [0.05, 0.1) is 5.56 Å². The van der Waals surface area contributed by atoms with Crippen LogP contribution in [0.2, 0.25) is 0 Å². The minimum atomic E-state index is -4.35. The van der Waals surface area contributed by atoms with Crippen molar-refractivity contribution >= 4 is 0 Å². The lowest BCUT2D eigenvalue weighted by atomic mass is 10.1. The molecule has 1 aliphatic heterocycles. The summed E-state index contributed by atoms with van der Waals surface area (Å²) in [7, 11) is 0. The highest BCUT2D eigenvalue weighted by molar-refractivity contribution is 5.39. The summed E-state index contributed by atoms with van der Waals surface area (Å²) in [5, 5.41) is 0. The van der Waals surface area contributed by atoms with E-state index in [4.69, 9.17) is 4.98 Å². The number of aromatic nitrogens is 3. The molecule has 2 aromatic heterocycles. The fourth-order valence-electron chi connectivity index (χ4n) is 3.66. The van der Waals surface area contributed by atoms with Crippen LogP contribution in [0.15, 0.2) is 48.8 Å². The van der Waals surface area contributed by atoms with Gasteiger partial charge in [-0.2, -0.15) is 13.2 Å². The molecule has 0 bridgehead atoms. The molecule has 0 unspecified atom stereocenters. The molecule has 3 aromatic rings. The summed E-state index contributed by atoms with van der Waals surface area (Å²) >= 11 is 0. The van der Waals surface area contributed by atoms with Crippen molar-refractivity contribution in [3.05, 3.63) is 77.1 Å². The SMILES string of the molecule is CC(C)c1ncc2c(n1)CCN(Cc1cccn1-c1cccc(C(F)(F)F)c1)C2. The summed E-state index contributed by atoms with van der Waals surface area (Å²) in [5.74, 6) is 1.17. The van der Waals surface area contributed by atoms with Crippen LogP contribution in [0.4, 0.5) is 13.2 Å². The highest BCUT2D eigenvalue weighted by atomic mass is 19.4. The van der Waals surface area contributed by atoms with Gasteiger partial charge in [0.1, 0.15) is 5.82 Å². The first-order valence-electron chi connectivity index (χ1n) is 9.72. The fraction of sp³-hybridized carbons (Fsp3) is 0.364. The number of nitrogens with zero attached hydrogens (tertiary/aromatic N) is 4. The minimum absolute atomic E-state index is 0.300. The lowest BCUT2D eigenvalue weighted by Gasteiger charge is -2.28. The molecule has 0 saturated heterocycles. The average Bonchev–Trinajstić information content (AvgIpc) is 3.15. The first-order valence-corrected chi connectivity index (χ1v) is 9.72. The molecule has 152 valence electrons. The maximum Gasteiger partial charge on any atom is 0.416 e. The van der Waals surface area contributed by atoms with Crippen LogP contribution in [-0.4, -0.2) is 26.0 Å². The van der Waals surface area contributed by atoms with Crippen LogP contribution in [-0.2, 0) is 25.7 Å². The van der Waals surface area contributed by atoms with E-state index in [1.165, 1.54) is 12.1 Å². The molecule has 7 heteroatoms. The van der Waals surface area contributed by atoms with Crippen LogP contribution >= 0.6 is 0 Å². The molecule has 29 heavy (non-hydrogen) atoms. The molecule has 0 radical (unpaired) electrons. The van der Waals surface area contributed by atoms with Gasteiger partial charge in [0.2, 0.25) is 0 Å². The Morgan fingerprint density at radius 2 is 1.97 bits per heavy atom. The summed E-state index contributed by atoms with van der Waals surface area (Å²) in [6.07, 6.45) is 0.215. The molecule has 0 N–H and O–H groups in total. The predicted octanol–water partition coefficient (Wildman–Crippen LogP) is 4.97. The Balaban J connectivity index is 1.53. The standard InChI is InChI=1S/C22H23F3N4/c1-15(2)21-26-12-16-13-28(10-8-20(16)27-21)14-19-7-4-9-29(19)18-6-3-5-17(11-18)22(23,24)25/h3-7,9,11-12,15H,8,10,13-14H2,1-2H3. The third-order valence-electron chi connectivity index (χ3n) is 5.22. The molecular weight excluding hydrogens is 377 g/mol. The lowest BCUT2D eigenvalue weighted by Crippen LogP contribution is -2.31. The first kappa shape index (κ1) is 19.6.